The molecule has 0 spiro atoms. The normalized spacial score (nSPS) is 54.6. The van der Waals surface area contributed by atoms with Crippen LogP contribution in [0.15, 0.2) is 11.6 Å². The fourth-order valence-electron chi connectivity index (χ4n) is 6.55. The average molecular weight is 348 g/mol. The summed E-state index contributed by atoms with van der Waals surface area (Å²) in [5.74, 6) is -2.93. The van der Waals surface area contributed by atoms with Crippen molar-refractivity contribution in [2.75, 3.05) is 0 Å². The topological polar surface area (TPSA) is 101 Å². The Balaban J connectivity index is 1.96. The number of Topliss-reactive ketones (excluding diaryl/α,β-unsaturated/α-hetero) is 1. The molecule has 25 heavy (non-hydrogen) atoms. The third-order valence-corrected chi connectivity index (χ3v) is 7.71. The smallest absolute Gasteiger partial charge is 0.310 e. The monoisotopic (exact) mass is 348 g/mol. The Morgan fingerprint density at radius 1 is 1.20 bits per heavy atom. The molecule has 1 saturated heterocycles. The summed E-state index contributed by atoms with van der Waals surface area (Å²) in [5.41, 5.74) is -1.41. The Hall–Kier alpha value is -1.53. The molecule has 1 heterocycles. The third-order valence-electron chi connectivity index (χ3n) is 7.71. The van der Waals surface area contributed by atoms with Crippen LogP contribution in [0.2, 0.25) is 0 Å². The van der Waals surface area contributed by atoms with Gasteiger partial charge in [0.15, 0.2) is 5.78 Å². The fourth-order valence-corrected chi connectivity index (χ4v) is 6.55. The molecule has 9 atom stereocenters. The fraction of sp³-hybridized carbons (Fsp3) is 0.737. The summed E-state index contributed by atoms with van der Waals surface area (Å²) in [6.45, 7) is 7.09. The molecule has 3 aliphatic carbocycles. The molecule has 0 amide bonds. The van der Waals surface area contributed by atoms with E-state index in [2.05, 4.69) is 0 Å². The number of esters is 1. The number of aliphatic hydroxyl groups is 2. The highest BCUT2D eigenvalue weighted by Crippen LogP contribution is 2.66. The maximum Gasteiger partial charge on any atom is 0.310 e. The molecule has 1 aliphatic heterocycles. The lowest BCUT2D eigenvalue weighted by molar-refractivity contribution is -0.208. The van der Waals surface area contributed by atoms with E-state index in [1.807, 2.05) is 6.92 Å². The second-order valence-corrected chi connectivity index (χ2v) is 8.73. The first-order valence-electron chi connectivity index (χ1n) is 8.88. The predicted molar refractivity (Wildman–Crippen MR) is 86.1 cm³/mol. The predicted octanol–water partition coefficient (Wildman–Crippen LogP) is 0.646. The molecule has 2 unspecified atom stereocenters. The van der Waals surface area contributed by atoms with Gasteiger partial charge in [0.2, 0.25) is 0 Å². The minimum atomic E-state index is -1.31. The van der Waals surface area contributed by atoms with Crippen LogP contribution in [0.4, 0.5) is 0 Å². The number of hydrogen-bond donors (Lipinski definition) is 2. The van der Waals surface area contributed by atoms with E-state index in [1.54, 1.807) is 20.8 Å². The van der Waals surface area contributed by atoms with Gasteiger partial charge in [0, 0.05) is 29.1 Å². The molecule has 3 fully saturated rings. The van der Waals surface area contributed by atoms with E-state index in [9.17, 15) is 24.6 Å². The van der Waals surface area contributed by atoms with Crippen molar-refractivity contribution < 1.29 is 29.3 Å². The third kappa shape index (κ3) is 1.70. The first-order chi connectivity index (χ1) is 11.6. The van der Waals surface area contributed by atoms with E-state index in [1.165, 1.54) is 6.08 Å². The van der Waals surface area contributed by atoms with Gasteiger partial charge >= 0.3 is 5.97 Å². The van der Waals surface area contributed by atoms with Gasteiger partial charge in [0.1, 0.15) is 18.0 Å². The Bertz CT molecular complexity index is 725. The average Bonchev–Trinajstić information content (AvgIpc) is 2.78. The Morgan fingerprint density at radius 2 is 1.84 bits per heavy atom. The van der Waals surface area contributed by atoms with Gasteiger partial charge in [-0.3, -0.25) is 14.4 Å². The number of carbonyl (C=O) groups is 3. The summed E-state index contributed by atoms with van der Waals surface area (Å²) in [5, 5.41) is 21.9. The van der Waals surface area contributed by atoms with Crippen molar-refractivity contribution in [3.63, 3.8) is 0 Å². The highest BCUT2D eigenvalue weighted by Gasteiger charge is 2.74. The number of ketones is 2. The van der Waals surface area contributed by atoms with Crippen LogP contribution in [0, 0.1) is 34.5 Å². The molecule has 4 rings (SSSR count). The van der Waals surface area contributed by atoms with E-state index in [4.69, 9.17) is 4.74 Å². The Morgan fingerprint density at radius 3 is 2.48 bits per heavy atom. The van der Waals surface area contributed by atoms with E-state index in [0.717, 1.165) is 5.57 Å². The highest BCUT2D eigenvalue weighted by molar-refractivity contribution is 5.98. The summed E-state index contributed by atoms with van der Waals surface area (Å²) < 4.78 is 5.41. The van der Waals surface area contributed by atoms with Crippen molar-refractivity contribution >= 4 is 17.5 Å². The van der Waals surface area contributed by atoms with Gasteiger partial charge in [-0.1, -0.05) is 26.3 Å². The molecule has 0 radical (unpaired) electrons. The zero-order chi connectivity index (χ0) is 18.5. The number of carbonyl (C=O) groups excluding carboxylic acids is 3. The Kier molecular flexibility index (Phi) is 3.24. The zero-order valence-electron chi connectivity index (χ0n) is 14.9. The molecular weight excluding hydrogens is 324 g/mol. The van der Waals surface area contributed by atoms with Gasteiger partial charge in [0.05, 0.1) is 12.0 Å². The number of hydrogen-bond acceptors (Lipinski definition) is 6. The first-order valence-corrected chi connectivity index (χ1v) is 8.88. The molecule has 6 nitrogen and oxygen atoms in total. The maximum atomic E-state index is 13.2. The highest BCUT2D eigenvalue weighted by atomic mass is 16.6. The van der Waals surface area contributed by atoms with E-state index in [0.29, 0.717) is 0 Å². The van der Waals surface area contributed by atoms with Crippen LogP contribution >= 0.6 is 0 Å². The summed E-state index contributed by atoms with van der Waals surface area (Å²) in [4.78, 5) is 38.0. The molecule has 0 aromatic carbocycles. The quantitative estimate of drug-likeness (QED) is 0.623. The number of ether oxygens (including phenoxy) is 1. The van der Waals surface area contributed by atoms with Crippen molar-refractivity contribution in [2.24, 2.45) is 34.5 Å². The van der Waals surface area contributed by atoms with Gasteiger partial charge in [-0.2, -0.15) is 0 Å². The minimum Gasteiger partial charge on any atom is -0.459 e. The molecule has 136 valence electrons. The van der Waals surface area contributed by atoms with E-state index < -0.39 is 52.7 Å². The van der Waals surface area contributed by atoms with E-state index >= 15 is 0 Å². The van der Waals surface area contributed by atoms with Crippen LogP contribution in [-0.2, 0) is 19.1 Å². The van der Waals surface area contributed by atoms with Crippen molar-refractivity contribution in [2.45, 2.75) is 52.4 Å². The molecule has 4 aliphatic rings. The number of aliphatic hydroxyl groups excluding tert-OH is 2. The molecule has 6 heteroatoms. The summed E-state index contributed by atoms with van der Waals surface area (Å²) in [7, 11) is 0. The van der Waals surface area contributed by atoms with Crippen LogP contribution in [-0.4, -0.2) is 46.1 Å². The molecule has 2 bridgehead atoms. The van der Waals surface area contributed by atoms with Gasteiger partial charge in [-0.25, -0.2) is 0 Å². The van der Waals surface area contributed by atoms with Crippen molar-refractivity contribution in [3.05, 3.63) is 11.6 Å². The number of allylic oxidation sites excluding steroid dienone is 1. The molecule has 0 aromatic rings. The van der Waals surface area contributed by atoms with Crippen molar-refractivity contribution in [3.8, 4) is 0 Å². The van der Waals surface area contributed by atoms with Crippen molar-refractivity contribution in [1.82, 2.24) is 0 Å². The van der Waals surface area contributed by atoms with Gasteiger partial charge in [-0.05, 0) is 18.9 Å². The van der Waals surface area contributed by atoms with Crippen LogP contribution in [0.1, 0.15) is 34.1 Å². The standard InChI is InChI=1S/C19H24O6/c1-7-5-10(20)16(23)18(3)9(7)6-11(21)19(4)12-8(2)14(25-17(12)24)13(22)15(18)19/h5,8-9,12-16,22-23H,6H2,1-4H3/t8-,9?,12-,13+,14-,15?,16-,18+,19+/m1/s1. The lowest BCUT2D eigenvalue weighted by atomic mass is 9.40. The second kappa shape index (κ2) is 4.80. The summed E-state index contributed by atoms with van der Waals surface area (Å²) in [6.07, 6.45) is -1.54. The minimum absolute atomic E-state index is 0.0949. The summed E-state index contributed by atoms with van der Waals surface area (Å²) in [6, 6.07) is 0. The van der Waals surface area contributed by atoms with Crippen LogP contribution < -0.4 is 0 Å². The van der Waals surface area contributed by atoms with Gasteiger partial charge in [-0.15, -0.1) is 0 Å². The number of fused-ring (bicyclic) bond motifs is 6. The number of rotatable bonds is 0. The van der Waals surface area contributed by atoms with Crippen LogP contribution in [0.25, 0.3) is 0 Å². The molecular formula is C19H24O6. The summed E-state index contributed by atoms with van der Waals surface area (Å²) >= 11 is 0. The van der Waals surface area contributed by atoms with Crippen LogP contribution in [0.3, 0.4) is 0 Å². The zero-order valence-corrected chi connectivity index (χ0v) is 14.9. The van der Waals surface area contributed by atoms with Gasteiger partial charge in [0.25, 0.3) is 0 Å². The maximum absolute atomic E-state index is 13.2. The second-order valence-electron chi connectivity index (χ2n) is 8.73. The molecule has 2 N–H and O–H groups in total. The SMILES string of the molecule is CC1=CC(=O)[C@@H](O)[C@@]2(C)C1CC(=O)[C@]1(C)C2[C@@H](O)[C@@H]2OC(=O)[C@H]1[C@H]2C. The largest absolute Gasteiger partial charge is 0.459 e. The Labute approximate surface area is 146 Å². The first kappa shape index (κ1) is 16.9. The van der Waals surface area contributed by atoms with E-state index in [-0.39, 0.29) is 24.0 Å². The molecule has 0 aromatic heterocycles. The lowest BCUT2D eigenvalue weighted by Crippen LogP contribution is -2.70. The van der Waals surface area contributed by atoms with Gasteiger partial charge < -0.3 is 14.9 Å². The van der Waals surface area contributed by atoms with Crippen LogP contribution in [0.5, 0.6) is 0 Å². The lowest BCUT2D eigenvalue weighted by Gasteiger charge is -2.62. The molecule has 2 saturated carbocycles. The van der Waals surface area contributed by atoms with Crippen molar-refractivity contribution in [1.29, 1.82) is 0 Å².